The Bertz CT molecular complexity index is 1230. The predicted octanol–water partition coefficient (Wildman–Crippen LogP) is 4.15. The quantitative estimate of drug-likeness (QED) is 0.369. The molecule has 1 aromatic carbocycles. The molecule has 0 spiro atoms. The zero-order chi connectivity index (χ0) is 25.1. The van der Waals surface area contributed by atoms with Crippen molar-refractivity contribution in [3.8, 4) is 0 Å². The Morgan fingerprint density at radius 3 is 2.47 bits per heavy atom. The van der Waals surface area contributed by atoms with Crippen LogP contribution in [0.25, 0.3) is 11.2 Å². The molecule has 0 amide bonds. The van der Waals surface area contributed by atoms with Crippen LogP contribution in [0.2, 0.25) is 0 Å². The number of carbonyl (C=O) groups excluding carboxylic acids is 1. The van der Waals surface area contributed by atoms with Crippen molar-refractivity contribution in [3.63, 3.8) is 0 Å². The van der Waals surface area contributed by atoms with E-state index in [-0.39, 0.29) is 5.78 Å². The lowest BCUT2D eigenvalue weighted by Gasteiger charge is -2.39. The number of allylic oxidation sites excluding steroid dienone is 1. The number of piperidine rings is 1. The summed E-state index contributed by atoms with van der Waals surface area (Å²) in [6, 6.07) is 10.7. The van der Waals surface area contributed by atoms with Crippen molar-refractivity contribution in [1.29, 1.82) is 0 Å². The number of ketones is 1. The molecule has 0 radical (unpaired) electrons. The Hall–Kier alpha value is -3.03. The highest BCUT2D eigenvalue weighted by Gasteiger charge is 2.24. The van der Waals surface area contributed by atoms with Gasteiger partial charge in [-0.3, -0.25) is 9.69 Å². The molecule has 2 aliphatic heterocycles. The number of hydrogen-bond donors (Lipinski definition) is 0. The minimum atomic E-state index is 0.0482. The molecule has 36 heavy (non-hydrogen) atoms. The van der Waals surface area contributed by atoms with Crippen LogP contribution >= 0.6 is 0 Å². The smallest absolute Gasteiger partial charge is 0.187 e. The summed E-state index contributed by atoms with van der Waals surface area (Å²) in [5.74, 6) is 1.08. The second-order valence-electron chi connectivity index (χ2n) is 10.0. The van der Waals surface area contributed by atoms with Gasteiger partial charge in [0.25, 0.3) is 0 Å². The fourth-order valence-corrected chi connectivity index (χ4v) is 5.45. The first kappa shape index (κ1) is 24.7. The van der Waals surface area contributed by atoms with Crippen LogP contribution in [0.1, 0.15) is 52.8 Å². The first-order valence-corrected chi connectivity index (χ1v) is 13.2. The van der Waals surface area contributed by atoms with E-state index in [0.717, 1.165) is 92.5 Å². The molecular weight excluding hydrogens is 450 g/mol. The Labute approximate surface area is 213 Å². The van der Waals surface area contributed by atoms with E-state index in [0.29, 0.717) is 18.2 Å². The van der Waals surface area contributed by atoms with Crippen LogP contribution in [0.3, 0.4) is 0 Å². The number of carbonyl (C=O) groups is 1. The predicted molar refractivity (Wildman–Crippen MR) is 142 cm³/mol. The van der Waals surface area contributed by atoms with Gasteiger partial charge in [0.15, 0.2) is 11.4 Å². The van der Waals surface area contributed by atoms with E-state index in [2.05, 4.69) is 34.3 Å². The fraction of sp³-hybridized carbons (Fsp3) is 0.483. The van der Waals surface area contributed by atoms with Crippen LogP contribution in [0.15, 0.2) is 42.6 Å². The molecule has 0 aliphatic carbocycles. The topological polar surface area (TPSA) is 63.5 Å². The number of benzene rings is 1. The Morgan fingerprint density at radius 2 is 1.78 bits per heavy atom. The standard InChI is InChI=1S/C29H37N5O2/c1-4-27-31-28-21(2)19-22(3)30-29(28)34(27)20-23-5-7-24(8-6-23)26(35)11-14-32-12-9-25(10-13-32)33-15-17-36-18-16-33/h5-8,11,14,19,25H,4,9-10,12-13,15-18,20H2,1-3H3. The number of pyridine rings is 1. The van der Waals surface area contributed by atoms with Crippen molar-refractivity contribution in [2.24, 2.45) is 0 Å². The van der Waals surface area contributed by atoms with Crippen molar-refractivity contribution in [2.75, 3.05) is 39.4 Å². The Morgan fingerprint density at radius 1 is 1.06 bits per heavy atom. The Balaban J connectivity index is 1.20. The molecule has 190 valence electrons. The maximum Gasteiger partial charge on any atom is 0.187 e. The molecule has 2 saturated heterocycles. The third-order valence-electron chi connectivity index (χ3n) is 7.49. The number of aryl methyl sites for hydroxylation is 3. The largest absolute Gasteiger partial charge is 0.379 e. The SMILES string of the molecule is CCc1nc2c(C)cc(C)nc2n1Cc1ccc(C(=O)C=CN2CCC(N3CCOCC3)CC2)cc1. The third-order valence-corrected chi connectivity index (χ3v) is 7.49. The molecule has 2 fully saturated rings. The van der Waals surface area contributed by atoms with E-state index in [1.807, 2.05) is 37.4 Å². The molecule has 4 heterocycles. The molecular formula is C29H37N5O2. The second-order valence-corrected chi connectivity index (χ2v) is 10.0. The number of rotatable bonds is 7. The number of ether oxygens (including phenoxy) is 1. The van der Waals surface area contributed by atoms with Crippen LogP contribution in [-0.2, 0) is 17.7 Å². The van der Waals surface area contributed by atoms with Crippen LogP contribution in [0, 0.1) is 13.8 Å². The third kappa shape index (κ3) is 5.37. The fourth-order valence-electron chi connectivity index (χ4n) is 5.45. The molecule has 0 saturated carbocycles. The highest BCUT2D eigenvalue weighted by molar-refractivity contribution is 6.04. The van der Waals surface area contributed by atoms with E-state index >= 15 is 0 Å². The van der Waals surface area contributed by atoms with Gasteiger partial charge in [0.1, 0.15) is 11.3 Å². The number of morpholine rings is 1. The van der Waals surface area contributed by atoms with Gasteiger partial charge >= 0.3 is 0 Å². The average molecular weight is 488 g/mol. The molecule has 2 aromatic heterocycles. The molecule has 5 rings (SSSR count). The molecule has 0 bridgehead atoms. The minimum absolute atomic E-state index is 0.0482. The zero-order valence-corrected chi connectivity index (χ0v) is 21.7. The number of likely N-dealkylation sites (tertiary alicyclic amines) is 1. The lowest BCUT2D eigenvalue weighted by molar-refractivity contribution is 0.00422. The highest BCUT2D eigenvalue weighted by atomic mass is 16.5. The lowest BCUT2D eigenvalue weighted by Crippen LogP contribution is -2.48. The monoisotopic (exact) mass is 487 g/mol. The number of aromatic nitrogens is 3. The van der Waals surface area contributed by atoms with Crippen molar-refractivity contribution in [3.05, 3.63) is 70.8 Å². The second kappa shape index (κ2) is 10.9. The van der Waals surface area contributed by atoms with Crippen molar-refractivity contribution in [2.45, 2.75) is 52.6 Å². The Kier molecular flexibility index (Phi) is 7.48. The van der Waals surface area contributed by atoms with Crippen LogP contribution < -0.4 is 0 Å². The van der Waals surface area contributed by atoms with Gasteiger partial charge in [-0.2, -0.15) is 0 Å². The van der Waals surface area contributed by atoms with Gasteiger partial charge in [-0.1, -0.05) is 31.2 Å². The summed E-state index contributed by atoms with van der Waals surface area (Å²) in [5, 5.41) is 0. The summed E-state index contributed by atoms with van der Waals surface area (Å²) in [5.41, 5.74) is 5.92. The average Bonchev–Trinajstić information content (AvgIpc) is 3.26. The minimum Gasteiger partial charge on any atom is -0.379 e. The highest BCUT2D eigenvalue weighted by Crippen LogP contribution is 2.22. The molecule has 0 N–H and O–H groups in total. The van der Waals surface area contributed by atoms with Crippen LogP contribution in [0.5, 0.6) is 0 Å². The molecule has 0 atom stereocenters. The molecule has 0 unspecified atom stereocenters. The van der Waals surface area contributed by atoms with Gasteiger partial charge < -0.3 is 14.2 Å². The molecule has 3 aromatic rings. The molecule has 7 heteroatoms. The number of hydrogen-bond acceptors (Lipinski definition) is 6. The maximum atomic E-state index is 12.8. The van der Waals surface area contributed by atoms with E-state index in [1.54, 1.807) is 6.08 Å². The van der Waals surface area contributed by atoms with Crippen LogP contribution in [-0.4, -0.2) is 75.6 Å². The van der Waals surface area contributed by atoms with Gasteiger partial charge in [0, 0.05) is 62.2 Å². The summed E-state index contributed by atoms with van der Waals surface area (Å²) in [6.07, 6.45) is 6.83. The lowest BCUT2D eigenvalue weighted by atomic mass is 10.0. The van der Waals surface area contributed by atoms with Crippen molar-refractivity contribution < 1.29 is 9.53 Å². The molecule has 2 aliphatic rings. The van der Waals surface area contributed by atoms with E-state index in [1.165, 1.54) is 0 Å². The van der Waals surface area contributed by atoms with Gasteiger partial charge in [0.2, 0.25) is 0 Å². The number of imidazole rings is 1. The summed E-state index contributed by atoms with van der Waals surface area (Å²) in [4.78, 5) is 27.3. The van der Waals surface area contributed by atoms with Gasteiger partial charge in [-0.05, 0) is 43.9 Å². The van der Waals surface area contributed by atoms with Gasteiger partial charge in [0.05, 0.1) is 19.8 Å². The first-order chi connectivity index (χ1) is 17.5. The summed E-state index contributed by atoms with van der Waals surface area (Å²) >= 11 is 0. The number of nitrogens with zero attached hydrogens (tertiary/aromatic N) is 5. The van der Waals surface area contributed by atoms with E-state index in [9.17, 15) is 4.79 Å². The maximum absolute atomic E-state index is 12.8. The van der Waals surface area contributed by atoms with Crippen molar-refractivity contribution in [1.82, 2.24) is 24.3 Å². The van der Waals surface area contributed by atoms with Crippen LogP contribution in [0.4, 0.5) is 0 Å². The summed E-state index contributed by atoms with van der Waals surface area (Å²) in [6.45, 7) is 12.7. The zero-order valence-electron chi connectivity index (χ0n) is 21.7. The normalized spacial score (nSPS) is 17.9. The van der Waals surface area contributed by atoms with E-state index in [4.69, 9.17) is 14.7 Å². The first-order valence-electron chi connectivity index (χ1n) is 13.2. The molecule has 7 nitrogen and oxygen atoms in total. The summed E-state index contributed by atoms with van der Waals surface area (Å²) < 4.78 is 7.68. The van der Waals surface area contributed by atoms with E-state index < -0.39 is 0 Å². The van der Waals surface area contributed by atoms with Gasteiger partial charge in [-0.15, -0.1) is 0 Å². The van der Waals surface area contributed by atoms with Crippen molar-refractivity contribution >= 4 is 16.9 Å². The number of fused-ring (bicyclic) bond motifs is 1. The summed E-state index contributed by atoms with van der Waals surface area (Å²) in [7, 11) is 0. The van der Waals surface area contributed by atoms with Gasteiger partial charge in [-0.25, -0.2) is 9.97 Å².